The summed E-state index contributed by atoms with van der Waals surface area (Å²) in [6, 6.07) is 8.33. The summed E-state index contributed by atoms with van der Waals surface area (Å²) in [5.74, 6) is 3.12. The number of nitrogens with one attached hydrogen (secondary N) is 1. The molecule has 5 heteroatoms. The molecule has 106 valence electrons. The second kappa shape index (κ2) is 5.40. The predicted molar refractivity (Wildman–Crippen MR) is 83.7 cm³/mol. The molecule has 1 atom stereocenters. The topological polar surface area (TPSA) is 39.1 Å². The first-order chi connectivity index (χ1) is 9.70. The van der Waals surface area contributed by atoms with Gasteiger partial charge in [0.25, 0.3) is 0 Å². The molecule has 0 fully saturated rings. The average molecular weight is 289 g/mol. The molecular weight excluding hydrogens is 270 g/mol. The zero-order valence-electron chi connectivity index (χ0n) is 12.0. The monoisotopic (exact) mass is 289 g/mol. The molecule has 0 saturated heterocycles. The number of aryl methyl sites for hydroxylation is 2. The number of hydrogen-bond acceptors (Lipinski definition) is 4. The molecule has 0 bridgehead atoms. The van der Waals surface area contributed by atoms with Gasteiger partial charge in [0.1, 0.15) is 11.6 Å². The number of anilines is 1. The fourth-order valence-electron chi connectivity index (χ4n) is 2.70. The molecule has 1 N–H and O–H groups in total. The molecule has 1 aliphatic heterocycles. The van der Waals surface area contributed by atoms with Crippen LogP contribution >= 0.6 is 11.8 Å². The minimum absolute atomic E-state index is 0.309. The Morgan fingerprint density at radius 1 is 1.45 bits per heavy atom. The number of hydrogen-bond donors (Lipinski definition) is 1. The van der Waals surface area contributed by atoms with E-state index in [2.05, 4.69) is 35.5 Å². The standard InChI is InChI=1S/C15H19N3OS/c1-10-13-14(11-5-4-6-12(9-11)19-3)20-8-7-16-15(13)18(2)17-10/h4-6,9,14,16H,7-8H2,1-3H3. The van der Waals surface area contributed by atoms with Crippen molar-refractivity contribution in [3.8, 4) is 5.75 Å². The maximum atomic E-state index is 5.35. The molecule has 20 heavy (non-hydrogen) atoms. The summed E-state index contributed by atoms with van der Waals surface area (Å²) >= 11 is 1.96. The Morgan fingerprint density at radius 3 is 3.10 bits per heavy atom. The molecular formula is C15H19N3OS. The quantitative estimate of drug-likeness (QED) is 0.922. The van der Waals surface area contributed by atoms with Crippen LogP contribution in [0.3, 0.4) is 0 Å². The van der Waals surface area contributed by atoms with Gasteiger partial charge in [-0.15, -0.1) is 11.8 Å². The van der Waals surface area contributed by atoms with Crippen molar-refractivity contribution in [2.45, 2.75) is 12.2 Å². The number of methoxy groups -OCH3 is 1. The molecule has 0 aliphatic carbocycles. The van der Waals surface area contributed by atoms with Gasteiger partial charge >= 0.3 is 0 Å². The maximum Gasteiger partial charge on any atom is 0.128 e. The highest BCUT2D eigenvalue weighted by Gasteiger charge is 2.26. The number of benzene rings is 1. The Hall–Kier alpha value is -1.62. The lowest BCUT2D eigenvalue weighted by molar-refractivity contribution is 0.414. The Bertz CT molecular complexity index is 624. The smallest absolute Gasteiger partial charge is 0.128 e. The van der Waals surface area contributed by atoms with E-state index in [1.165, 1.54) is 11.1 Å². The van der Waals surface area contributed by atoms with E-state index in [0.717, 1.165) is 29.6 Å². The van der Waals surface area contributed by atoms with E-state index in [-0.39, 0.29) is 0 Å². The van der Waals surface area contributed by atoms with E-state index in [1.807, 2.05) is 29.6 Å². The third-order valence-electron chi connectivity index (χ3n) is 3.61. The van der Waals surface area contributed by atoms with Crippen LogP contribution in [0.1, 0.15) is 22.1 Å². The molecule has 2 aromatic rings. The van der Waals surface area contributed by atoms with Crippen LogP contribution in [-0.2, 0) is 7.05 Å². The van der Waals surface area contributed by atoms with Crippen molar-refractivity contribution in [3.63, 3.8) is 0 Å². The van der Waals surface area contributed by atoms with Gasteiger partial charge in [-0.1, -0.05) is 12.1 Å². The molecule has 3 rings (SSSR count). The van der Waals surface area contributed by atoms with E-state index in [4.69, 9.17) is 4.74 Å². The van der Waals surface area contributed by atoms with Crippen LogP contribution in [0.5, 0.6) is 5.75 Å². The number of ether oxygens (including phenoxy) is 1. The summed E-state index contributed by atoms with van der Waals surface area (Å²) in [7, 11) is 3.71. The molecule has 1 aliphatic rings. The summed E-state index contributed by atoms with van der Waals surface area (Å²) in [5, 5.41) is 8.36. The van der Waals surface area contributed by atoms with Crippen molar-refractivity contribution in [3.05, 3.63) is 41.1 Å². The van der Waals surface area contributed by atoms with Gasteiger partial charge in [0.15, 0.2) is 0 Å². The first-order valence-electron chi connectivity index (χ1n) is 6.73. The Labute approximate surface area is 123 Å². The Balaban J connectivity index is 2.09. The number of nitrogens with zero attached hydrogens (tertiary/aromatic N) is 2. The van der Waals surface area contributed by atoms with Gasteiger partial charge in [0.05, 0.1) is 18.1 Å². The van der Waals surface area contributed by atoms with Crippen LogP contribution in [0.2, 0.25) is 0 Å². The highest BCUT2D eigenvalue weighted by Crippen LogP contribution is 2.43. The molecule has 1 aromatic heterocycles. The summed E-state index contributed by atoms with van der Waals surface area (Å²) < 4.78 is 7.30. The number of rotatable bonds is 2. The zero-order valence-corrected chi connectivity index (χ0v) is 12.8. The summed E-state index contributed by atoms with van der Waals surface area (Å²) in [4.78, 5) is 0. The van der Waals surface area contributed by atoms with Crippen LogP contribution in [-0.4, -0.2) is 29.2 Å². The van der Waals surface area contributed by atoms with Gasteiger partial charge in [-0.25, -0.2) is 0 Å². The van der Waals surface area contributed by atoms with Gasteiger partial charge in [-0.2, -0.15) is 5.10 Å². The van der Waals surface area contributed by atoms with Crippen LogP contribution in [0.25, 0.3) is 0 Å². The second-order valence-electron chi connectivity index (χ2n) is 4.93. The Kier molecular flexibility index (Phi) is 3.61. The normalized spacial score (nSPS) is 18.1. The molecule has 4 nitrogen and oxygen atoms in total. The molecule has 0 amide bonds. The van der Waals surface area contributed by atoms with Crippen LogP contribution < -0.4 is 10.1 Å². The maximum absolute atomic E-state index is 5.35. The van der Waals surface area contributed by atoms with Crippen molar-refractivity contribution in [1.82, 2.24) is 9.78 Å². The lowest BCUT2D eigenvalue weighted by Crippen LogP contribution is -2.06. The largest absolute Gasteiger partial charge is 0.497 e. The molecule has 0 spiro atoms. The first-order valence-corrected chi connectivity index (χ1v) is 7.78. The van der Waals surface area contributed by atoms with Crippen molar-refractivity contribution < 1.29 is 4.74 Å². The van der Waals surface area contributed by atoms with E-state index in [9.17, 15) is 0 Å². The number of fused-ring (bicyclic) bond motifs is 1. The molecule has 1 unspecified atom stereocenters. The van der Waals surface area contributed by atoms with Crippen molar-refractivity contribution in [1.29, 1.82) is 0 Å². The van der Waals surface area contributed by atoms with E-state index < -0.39 is 0 Å². The molecule has 0 radical (unpaired) electrons. The highest BCUT2D eigenvalue weighted by atomic mass is 32.2. The molecule has 0 saturated carbocycles. The minimum atomic E-state index is 0.309. The average Bonchev–Trinajstić information content (AvgIpc) is 2.66. The summed E-state index contributed by atoms with van der Waals surface area (Å²) in [6.45, 7) is 3.05. The van der Waals surface area contributed by atoms with E-state index >= 15 is 0 Å². The fourth-order valence-corrected chi connectivity index (χ4v) is 3.94. The summed E-state index contributed by atoms with van der Waals surface area (Å²) in [6.07, 6.45) is 0. The number of aromatic nitrogens is 2. The lowest BCUT2D eigenvalue weighted by Gasteiger charge is -2.16. The van der Waals surface area contributed by atoms with Crippen LogP contribution in [0.15, 0.2) is 24.3 Å². The first kappa shape index (κ1) is 13.4. The van der Waals surface area contributed by atoms with Crippen molar-refractivity contribution >= 4 is 17.6 Å². The van der Waals surface area contributed by atoms with Crippen molar-refractivity contribution in [2.75, 3.05) is 24.7 Å². The van der Waals surface area contributed by atoms with Gasteiger partial charge in [-0.05, 0) is 24.6 Å². The Morgan fingerprint density at radius 2 is 2.30 bits per heavy atom. The van der Waals surface area contributed by atoms with Crippen molar-refractivity contribution in [2.24, 2.45) is 7.05 Å². The van der Waals surface area contributed by atoms with E-state index in [0.29, 0.717) is 5.25 Å². The van der Waals surface area contributed by atoms with Crippen LogP contribution in [0.4, 0.5) is 5.82 Å². The highest BCUT2D eigenvalue weighted by molar-refractivity contribution is 7.99. The third kappa shape index (κ3) is 2.26. The van der Waals surface area contributed by atoms with E-state index in [1.54, 1.807) is 7.11 Å². The van der Waals surface area contributed by atoms with Crippen LogP contribution in [0, 0.1) is 6.92 Å². The SMILES string of the molecule is COc1cccc(C2SCCNc3c2c(C)nn3C)c1. The van der Waals surface area contributed by atoms with Gasteiger partial charge in [0, 0.05) is 24.9 Å². The summed E-state index contributed by atoms with van der Waals surface area (Å²) in [5.41, 5.74) is 3.66. The predicted octanol–water partition coefficient (Wildman–Crippen LogP) is 2.99. The van der Waals surface area contributed by atoms with Gasteiger partial charge < -0.3 is 10.1 Å². The minimum Gasteiger partial charge on any atom is -0.497 e. The fraction of sp³-hybridized carbons (Fsp3) is 0.400. The molecule has 1 aromatic carbocycles. The third-order valence-corrected chi connectivity index (χ3v) is 4.89. The van der Waals surface area contributed by atoms with Gasteiger partial charge in [0.2, 0.25) is 0 Å². The lowest BCUT2D eigenvalue weighted by atomic mass is 10.0. The van der Waals surface area contributed by atoms with Gasteiger partial charge in [-0.3, -0.25) is 4.68 Å². The number of thioether (sulfide) groups is 1. The zero-order chi connectivity index (χ0) is 14.1. The second-order valence-corrected chi connectivity index (χ2v) is 6.14. The molecule has 2 heterocycles.